The molecule has 4 nitrogen and oxygen atoms in total. The Bertz CT molecular complexity index is 379. The van der Waals surface area contributed by atoms with Crippen molar-refractivity contribution in [1.82, 2.24) is 0 Å². The lowest BCUT2D eigenvalue weighted by molar-refractivity contribution is -0.383. The minimum absolute atomic E-state index is 0.163. The summed E-state index contributed by atoms with van der Waals surface area (Å²) in [5.41, 5.74) is 1.84. The Morgan fingerprint density at radius 1 is 1.54 bits per heavy atom. The van der Waals surface area contributed by atoms with Gasteiger partial charge in [0.25, 0.3) is 5.69 Å². The Kier molecular flexibility index (Phi) is 1.95. The lowest BCUT2D eigenvalue weighted by atomic mass is 10.1. The van der Waals surface area contributed by atoms with Crippen LogP contribution in [0.1, 0.15) is 5.56 Å². The summed E-state index contributed by atoms with van der Waals surface area (Å²) in [6, 6.07) is 3.24. The van der Waals surface area contributed by atoms with E-state index in [2.05, 4.69) is 21.2 Å². The summed E-state index contributed by atoms with van der Waals surface area (Å²) >= 11 is 3.37. The molecular formula is C8H7BrN2O2. The first-order chi connectivity index (χ1) is 6.20. The van der Waals surface area contributed by atoms with Gasteiger partial charge in [-0.15, -0.1) is 0 Å². The SMILES string of the molecule is O=[N+]([O-])c1ccc(Br)c2c1NCC2. The first kappa shape index (κ1) is 8.50. The Labute approximate surface area is 83.2 Å². The molecule has 5 heteroatoms. The lowest BCUT2D eigenvalue weighted by Crippen LogP contribution is -1.96. The summed E-state index contributed by atoms with van der Waals surface area (Å²) in [7, 11) is 0. The van der Waals surface area contributed by atoms with Crippen LogP contribution in [0.2, 0.25) is 0 Å². The van der Waals surface area contributed by atoms with Crippen LogP contribution in [0.25, 0.3) is 0 Å². The van der Waals surface area contributed by atoms with E-state index in [4.69, 9.17) is 0 Å². The molecular weight excluding hydrogens is 236 g/mol. The number of rotatable bonds is 1. The van der Waals surface area contributed by atoms with Gasteiger partial charge in [0.2, 0.25) is 0 Å². The van der Waals surface area contributed by atoms with Crippen LogP contribution in [-0.4, -0.2) is 11.5 Å². The lowest BCUT2D eigenvalue weighted by Gasteiger charge is -2.02. The van der Waals surface area contributed by atoms with Gasteiger partial charge in [-0.3, -0.25) is 10.1 Å². The highest BCUT2D eigenvalue weighted by molar-refractivity contribution is 9.10. The third kappa shape index (κ3) is 1.29. The van der Waals surface area contributed by atoms with Crippen LogP contribution in [0.15, 0.2) is 16.6 Å². The number of nitrogens with zero attached hydrogens (tertiary/aromatic N) is 1. The number of benzene rings is 1. The Morgan fingerprint density at radius 2 is 2.31 bits per heavy atom. The molecule has 0 saturated carbocycles. The Hall–Kier alpha value is -1.10. The summed E-state index contributed by atoms with van der Waals surface area (Å²) in [6.07, 6.45) is 0.845. The molecule has 0 atom stereocenters. The minimum Gasteiger partial charge on any atom is -0.379 e. The third-order valence-corrected chi connectivity index (χ3v) is 2.85. The molecule has 1 aromatic carbocycles. The van der Waals surface area contributed by atoms with Crippen molar-refractivity contribution in [1.29, 1.82) is 0 Å². The van der Waals surface area contributed by atoms with Crippen LogP contribution in [0.5, 0.6) is 0 Å². The molecule has 0 bridgehead atoms. The third-order valence-electron chi connectivity index (χ3n) is 2.11. The van der Waals surface area contributed by atoms with Crippen LogP contribution in [0.3, 0.4) is 0 Å². The van der Waals surface area contributed by atoms with Gasteiger partial charge in [0.15, 0.2) is 0 Å². The zero-order valence-corrected chi connectivity index (χ0v) is 8.30. The van der Waals surface area contributed by atoms with E-state index >= 15 is 0 Å². The predicted molar refractivity (Wildman–Crippen MR) is 53.0 cm³/mol. The van der Waals surface area contributed by atoms with Gasteiger partial charge in [-0.2, -0.15) is 0 Å². The standard InChI is InChI=1S/C8H7BrN2O2/c9-6-1-2-7(11(12)13)8-5(6)3-4-10-8/h1-2,10H,3-4H2. The second-order valence-electron chi connectivity index (χ2n) is 2.85. The van der Waals surface area contributed by atoms with Crippen LogP contribution in [0, 0.1) is 10.1 Å². The van der Waals surface area contributed by atoms with E-state index in [0.717, 1.165) is 23.0 Å². The maximum absolute atomic E-state index is 10.6. The van der Waals surface area contributed by atoms with Crippen molar-refractivity contribution < 1.29 is 4.92 Å². The zero-order chi connectivity index (χ0) is 9.42. The summed E-state index contributed by atoms with van der Waals surface area (Å²) in [5.74, 6) is 0. The van der Waals surface area contributed by atoms with Crippen molar-refractivity contribution in [2.45, 2.75) is 6.42 Å². The van der Waals surface area contributed by atoms with Gasteiger partial charge < -0.3 is 5.32 Å². The molecule has 0 aliphatic carbocycles. The molecule has 0 unspecified atom stereocenters. The van der Waals surface area contributed by atoms with E-state index in [9.17, 15) is 10.1 Å². The van der Waals surface area contributed by atoms with E-state index in [1.54, 1.807) is 6.07 Å². The van der Waals surface area contributed by atoms with E-state index in [-0.39, 0.29) is 10.6 Å². The monoisotopic (exact) mass is 242 g/mol. The molecule has 1 aromatic rings. The van der Waals surface area contributed by atoms with Gasteiger partial charge in [0.05, 0.1) is 4.92 Å². The molecule has 2 rings (SSSR count). The fourth-order valence-corrected chi connectivity index (χ4v) is 2.05. The zero-order valence-electron chi connectivity index (χ0n) is 6.71. The van der Waals surface area contributed by atoms with E-state index in [1.807, 2.05) is 0 Å². The number of halogens is 1. The normalized spacial score (nSPS) is 13.6. The van der Waals surface area contributed by atoms with Gasteiger partial charge in [-0.1, -0.05) is 15.9 Å². The first-order valence-electron chi connectivity index (χ1n) is 3.90. The molecule has 1 aliphatic heterocycles. The number of fused-ring (bicyclic) bond motifs is 1. The fourth-order valence-electron chi connectivity index (χ4n) is 1.52. The van der Waals surface area contributed by atoms with Gasteiger partial charge in [0.1, 0.15) is 5.69 Å². The van der Waals surface area contributed by atoms with E-state index in [0.29, 0.717) is 5.69 Å². The summed E-state index contributed by atoms with van der Waals surface area (Å²) < 4.78 is 0.943. The molecule has 0 saturated heterocycles. The van der Waals surface area contributed by atoms with Crippen LogP contribution >= 0.6 is 15.9 Å². The van der Waals surface area contributed by atoms with Crippen molar-refractivity contribution >= 4 is 27.3 Å². The minimum atomic E-state index is -0.358. The number of nitrogens with one attached hydrogen (secondary N) is 1. The fraction of sp³-hybridized carbons (Fsp3) is 0.250. The second kappa shape index (κ2) is 2.99. The molecule has 1 aliphatic rings. The number of nitro benzene ring substituents is 1. The molecule has 1 N–H and O–H groups in total. The van der Waals surface area contributed by atoms with Crippen molar-refractivity contribution in [2.24, 2.45) is 0 Å². The summed E-state index contributed by atoms with van der Waals surface area (Å²) in [4.78, 5) is 10.3. The number of hydrogen-bond donors (Lipinski definition) is 1. The largest absolute Gasteiger partial charge is 0.379 e. The highest BCUT2D eigenvalue weighted by Crippen LogP contribution is 2.36. The van der Waals surface area contributed by atoms with Crippen molar-refractivity contribution in [3.05, 3.63) is 32.3 Å². The smallest absolute Gasteiger partial charge is 0.292 e. The molecule has 0 radical (unpaired) electrons. The topological polar surface area (TPSA) is 55.2 Å². The molecule has 0 fully saturated rings. The molecule has 1 heterocycles. The Morgan fingerprint density at radius 3 is 3.00 bits per heavy atom. The average Bonchev–Trinajstić information content (AvgIpc) is 2.53. The molecule has 0 aromatic heterocycles. The van der Waals surface area contributed by atoms with E-state index < -0.39 is 0 Å². The van der Waals surface area contributed by atoms with Gasteiger partial charge in [-0.25, -0.2) is 0 Å². The molecule has 0 spiro atoms. The molecule has 0 amide bonds. The van der Waals surface area contributed by atoms with E-state index in [1.165, 1.54) is 6.07 Å². The van der Waals surface area contributed by atoms with Gasteiger partial charge in [-0.05, 0) is 18.1 Å². The maximum Gasteiger partial charge on any atom is 0.292 e. The quantitative estimate of drug-likeness (QED) is 0.608. The van der Waals surface area contributed by atoms with Crippen LogP contribution < -0.4 is 5.32 Å². The first-order valence-corrected chi connectivity index (χ1v) is 4.69. The number of nitro groups is 1. The summed E-state index contributed by atoms with van der Waals surface area (Å²) in [5, 5.41) is 13.6. The predicted octanol–water partition coefficient (Wildman–Crippen LogP) is 2.33. The maximum atomic E-state index is 10.6. The number of hydrogen-bond acceptors (Lipinski definition) is 3. The van der Waals surface area contributed by atoms with Crippen LogP contribution in [-0.2, 0) is 6.42 Å². The molecule has 68 valence electrons. The summed E-state index contributed by atoms with van der Waals surface area (Å²) in [6.45, 7) is 0.777. The van der Waals surface area contributed by atoms with Crippen molar-refractivity contribution in [2.75, 3.05) is 11.9 Å². The van der Waals surface area contributed by atoms with Crippen LogP contribution in [0.4, 0.5) is 11.4 Å². The van der Waals surface area contributed by atoms with Gasteiger partial charge >= 0.3 is 0 Å². The second-order valence-corrected chi connectivity index (χ2v) is 3.71. The van der Waals surface area contributed by atoms with Gasteiger partial charge in [0, 0.05) is 17.1 Å². The van der Waals surface area contributed by atoms with Crippen molar-refractivity contribution in [3.8, 4) is 0 Å². The molecule has 13 heavy (non-hydrogen) atoms. The number of anilines is 1. The highest BCUT2D eigenvalue weighted by Gasteiger charge is 2.23. The Balaban J connectivity index is 2.62. The van der Waals surface area contributed by atoms with Crippen molar-refractivity contribution in [3.63, 3.8) is 0 Å². The average molecular weight is 243 g/mol. The highest BCUT2D eigenvalue weighted by atomic mass is 79.9.